The first-order chi connectivity index (χ1) is 8.52. The van der Waals surface area contributed by atoms with Crippen molar-refractivity contribution in [2.75, 3.05) is 25.1 Å². The summed E-state index contributed by atoms with van der Waals surface area (Å²) >= 11 is 0. The summed E-state index contributed by atoms with van der Waals surface area (Å²) in [6.07, 6.45) is 0. The van der Waals surface area contributed by atoms with E-state index in [1.807, 2.05) is 0 Å². The predicted molar refractivity (Wildman–Crippen MR) is 66.3 cm³/mol. The number of amides is 1. The van der Waals surface area contributed by atoms with Gasteiger partial charge in [0.25, 0.3) is 5.69 Å². The summed E-state index contributed by atoms with van der Waals surface area (Å²) in [7, 11) is 0. The Morgan fingerprint density at radius 3 is 2.89 bits per heavy atom. The largest absolute Gasteiger partial charge is 0.377 e. The van der Waals surface area contributed by atoms with Gasteiger partial charge in [0.15, 0.2) is 0 Å². The summed E-state index contributed by atoms with van der Waals surface area (Å²) < 4.78 is 4.95. The Hall–Kier alpha value is -2.15. The van der Waals surface area contributed by atoms with Gasteiger partial charge in [-0.15, -0.1) is 0 Å². The van der Waals surface area contributed by atoms with Crippen molar-refractivity contribution in [3.05, 3.63) is 33.9 Å². The number of anilines is 1. The van der Waals surface area contributed by atoms with Gasteiger partial charge in [-0.1, -0.05) is 12.1 Å². The lowest BCUT2D eigenvalue weighted by Gasteiger charge is -2.09. The molecule has 0 saturated heterocycles. The van der Waals surface area contributed by atoms with Crippen LogP contribution in [0.15, 0.2) is 18.2 Å². The Morgan fingerprint density at radius 1 is 1.56 bits per heavy atom. The number of ether oxygens (including phenoxy) is 1. The Balaban J connectivity index is 2.56. The second kappa shape index (κ2) is 6.55. The zero-order valence-electron chi connectivity index (χ0n) is 10.0. The third kappa shape index (κ3) is 4.02. The number of primary amides is 1. The van der Waals surface area contributed by atoms with Gasteiger partial charge in [0, 0.05) is 12.6 Å². The van der Waals surface area contributed by atoms with Crippen LogP contribution in [0.1, 0.15) is 5.56 Å². The van der Waals surface area contributed by atoms with E-state index >= 15 is 0 Å². The first kappa shape index (κ1) is 13.9. The van der Waals surface area contributed by atoms with E-state index in [-0.39, 0.29) is 18.9 Å². The van der Waals surface area contributed by atoms with Crippen LogP contribution in [0, 0.1) is 17.0 Å². The molecule has 1 aromatic rings. The molecular formula is C11H15N3O4. The molecule has 3 N–H and O–H groups in total. The lowest BCUT2D eigenvalue weighted by Crippen LogP contribution is -2.20. The van der Waals surface area contributed by atoms with E-state index in [0.717, 1.165) is 5.56 Å². The standard InChI is InChI=1S/C11H15N3O4/c1-8-3-2-4-9(14(16)17)11(8)13-5-6-18-7-10(12)15/h2-4,13H,5-7H2,1H3,(H2,12,15). The van der Waals surface area contributed by atoms with E-state index in [9.17, 15) is 14.9 Å². The maximum absolute atomic E-state index is 10.8. The van der Waals surface area contributed by atoms with E-state index in [4.69, 9.17) is 10.5 Å². The third-order valence-corrected chi connectivity index (χ3v) is 2.24. The summed E-state index contributed by atoms with van der Waals surface area (Å²) in [5.41, 5.74) is 6.16. The van der Waals surface area contributed by atoms with Gasteiger partial charge in [0.2, 0.25) is 5.91 Å². The monoisotopic (exact) mass is 253 g/mol. The minimum atomic E-state index is -0.545. The van der Waals surface area contributed by atoms with Gasteiger partial charge in [-0.05, 0) is 12.5 Å². The molecule has 0 aliphatic carbocycles. The number of nitrogens with two attached hydrogens (primary N) is 1. The van der Waals surface area contributed by atoms with Crippen LogP contribution in [0.3, 0.4) is 0 Å². The highest BCUT2D eigenvalue weighted by atomic mass is 16.6. The summed E-state index contributed by atoms with van der Waals surface area (Å²) in [4.78, 5) is 20.8. The number of hydrogen-bond acceptors (Lipinski definition) is 5. The van der Waals surface area contributed by atoms with Gasteiger partial charge in [0.1, 0.15) is 12.3 Å². The SMILES string of the molecule is Cc1cccc([N+](=O)[O-])c1NCCOCC(N)=O. The highest BCUT2D eigenvalue weighted by molar-refractivity contribution is 5.75. The molecule has 1 amide bonds. The lowest BCUT2D eigenvalue weighted by atomic mass is 10.1. The van der Waals surface area contributed by atoms with Crippen LogP contribution in [0.25, 0.3) is 0 Å². The molecule has 0 saturated carbocycles. The average molecular weight is 253 g/mol. The zero-order chi connectivity index (χ0) is 13.5. The minimum absolute atomic E-state index is 0.0184. The topological polar surface area (TPSA) is 107 Å². The Labute approximate surface area is 104 Å². The number of benzene rings is 1. The Kier molecular flexibility index (Phi) is 5.06. The molecule has 0 aromatic heterocycles. The number of nitrogens with one attached hydrogen (secondary N) is 1. The number of nitrogens with zero attached hydrogens (tertiary/aromatic N) is 1. The van der Waals surface area contributed by atoms with Gasteiger partial charge < -0.3 is 15.8 Å². The normalized spacial score (nSPS) is 10.1. The highest BCUT2D eigenvalue weighted by Crippen LogP contribution is 2.27. The molecule has 0 atom stereocenters. The molecule has 1 rings (SSSR count). The second-order valence-electron chi connectivity index (χ2n) is 3.67. The van der Waals surface area contributed by atoms with Crippen LogP contribution in [-0.2, 0) is 9.53 Å². The Morgan fingerprint density at radius 2 is 2.28 bits per heavy atom. The smallest absolute Gasteiger partial charge is 0.292 e. The number of para-hydroxylation sites is 1. The van der Waals surface area contributed by atoms with Gasteiger partial charge in [-0.3, -0.25) is 14.9 Å². The van der Waals surface area contributed by atoms with E-state index < -0.39 is 10.8 Å². The van der Waals surface area contributed by atoms with Crippen LogP contribution < -0.4 is 11.1 Å². The number of hydrogen-bond donors (Lipinski definition) is 2. The molecule has 0 bridgehead atoms. The molecule has 0 radical (unpaired) electrons. The van der Waals surface area contributed by atoms with Gasteiger partial charge in [-0.2, -0.15) is 0 Å². The summed E-state index contributed by atoms with van der Waals surface area (Å²) in [5.74, 6) is -0.545. The molecule has 18 heavy (non-hydrogen) atoms. The van der Waals surface area contributed by atoms with E-state index in [2.05, 4.69) is 5.32 Å². The molecule has 0 heterocycles. The van der Waals surface area contributed by atoms with Crippen molar-refractivity contribution in [1.29, 1.82) is 0 Å². The molecule has 0 spiro atoms. The average Bonchev–Trinajstić information content (AvgIpc) is 2.29. The van der Waals surface area contributed by atoms with Crippen molar-refractivity contribution < 1.29 is 14.5 Å². The maximum atomic E-state index is 10.8. The highest BCUT2D eigenvalue weighted by Gasteiger charge is 2.14. The number of carbonyl (C=O) groups excluding carboxylic acids is 1. The molecule has 0 aliphatic heterocycles. The van der Waals surface area contributed by atoms with Crippen LogP contribution in [-0.4, -0.2) is 30.6 Å². The zero-order valence-corrected chi connectivity index (χ0v) is 10.0. The van der Waals surface area contributed by atoms with Crippen LogP contribution in [0.5, 0.6) is 0 Å². The molecule has 1 aromatic carbocycles. The van der Waals surface area contributed by atoms with E-state index in [1.165, 1.54) is 6.07 Å². The fraction of sp³-hybridized carbons (Fsp3) is 0.364. The minimum Gasteiger partial charge on any atom is -0.377 e. The van der Waals surface area contributed by atoms with Gasteiger partial charge in [0.05, 0.1) is 11.5 Å². The van der Waals surface area contributed by atoms with E-state index in [0.29, 0.717) is 12.2 Å². The number of nitro benzene ring substituents is 1. The van der Waals surface area contributed by atoms with Crippen molar-refractivity contribution >= 4 is 17.3 Å². The van der Waals surface area contributed by atoms with Gasteiger partial charge in [-0.25, -0.2) is 0 Å². The second-order valence-corrected chi connectivity index (χ2v) is 3.67. The molecular weight excluding hydrogens is 238 g/mol. The van der Waals surface area contributed by atoms with Crippen LogP contribution in [0.2, 0.25) is 0 Å². The molecule has 0 aliphatic rings. The van der Waals surface area contributed by atoms with Gasteiger partial charge >= 0.3 is 0 Å². The Bertz CT molecular complexity index is 448. The molecule has 7 nitrogen and oxygen atoms in total. The fourth-order valence-corrected chi connectivity index (χ4v) is 1.46. The summed E-state index contributed by atoms with van der Waals surface area (Å²) in [5, 5.41) is 13.7. The number of aryl methyl sites for hydroxylation is 1. The van der Waals surface area contributed by atoms with Crippen LogP contribution in [0.4, 0.5) is 11.4 Å². The van der Waals surface area contributed by atoms with Crippen molar-refractivity contribution in [1.82, 2.24) is 0 Å². The summed E-state index contributed by atoms with van der Waals surface area (Å²) in [6.45, 7) is 2.23. The van der Waals surface area contributed by atoms with Crippen molar-refractivity contribution in [3.63, 3.8) is 0 Å². The molecule has 7 heteroatoms. The number of carbonyl (C=O) groups is 1. The van der Waals surface area contributed by atoms with E-state index in [1.54, 1.807) is 19.1 Å². The van der Waals surface area contributed by atoms with Crippen molar-refractivity contribution in [3.8, 4) is 0 Å². The fourth-order valence-electron chi connectivity index (χ4n) is 1.46. The molecule has 0 fully saturated rings. The predicted octanol–water partition coefficient (Wildman–Crippen LogP) is 0.817. The lowest BCUT2D eigenvalue weighted by molar-refractivity contribution is -0.384. The quantitative estimate of drug-likeness (QED) is 0.425. The first-order valence-electron chi connectivity index (χ1n) is 5.36. The first-order valence-corrected chi connectivity index (χ1v) is 5.36. The summed E-state index contributed by atoms with van der Waals surface area (Å²) in [6, 6.07) is 4.83. The van der Waals surface area contributed by atoms with Crippen LogP contribution >= 0.6 is 0 Å². The van der Waals surface area contributed by atoms with Crippen molar-refractivity contribution in [2.45, 2.75) is 6.92 Å². The number of nitro groups is 1. The number of rotatable bonds is 7. The molecule has 0 unspecified atom stereocenters. The van der Waals surface area contributed by atoms with Crippen molar-refractivity contribution in [2.24, 2.45) is 5.73 Å². The molecule has 98 valence electrons. The maximum Gasteiger partial charge on any atom is 0.292 e. The third-order valence-electron chi connectivity index (χ3n) is 2.24.